The number of phenolic OH excluding ortho intramolecular Hbond substituents is 1. The van der Waals surface area contributed by atoms with E-state index < -0.39 is 0 Å². The lowest BCUT2D eigenvalue weighted by atomic mass is 9.58. The topological polar surface area (TPSA) is 61.8 Å². The molecule has 3 aliphatic rings. The molecule has 5 nitrogen and oxygen atoms in total. The van der Waals surface area contributed by atoms with Crippen LogP contribution in [0, 0.1) is 22.7 Å². The van der Waals surface area contributed by atoms with Crippen LogP contribution in [0.4, 0.5) is 0 Å². The number of fused-ring (bicyclic) bond motifs is 1. The Bertz CT molecular complexity index is 790. The molecule has 1 saturated heterocycles. The maximum absolute atomic E-state index is 12.4. The van der Waals surface area contributed by atoms with Crippen LogP contribution in [-0.2, 0) is 16.1 Å². The zero-order valence-corrected chi connectivity index (χ0v) is 18.5. The smallest absolute Gasteiger partial charge is 0.219 e. The lowest BCUT2D eigenvalue weighted by Gasteiger charge is -2.53. The van der Waals surface area contributed by atoms with Crippen LogP contribution in [-0.4, -0.2) is 42.7 Å². The Hall–Kier alpha value is -1.59. The van der Waals surface area contributed by atoms with Gasteiger partial charge in [0, 0.05) is 31.2 Å². The average Bonchev–Trinajstić information content (AvgIpc) is 3.15. The lowest BCUT2D eigenvalue weighted by Crippen LogP contribution is -2.58. The van der Waals surface area contributed by atoms with Crippen molar-refractivity contribution in [2.45, 2.75) is 65.1 Å². The first-order valence-electron chi connectivity index (χ1n) is 11.1. The van der Waals surface area contributed by atoms with Gasteiger partial charge in [-0.1, -0.05) is 26.8 Å². The molecule has 1 aromatic carbocycles. The summed E-state index contributed by atoms with van der Waals surface area (Å²) in [7, 11) is 4.02. The van der Waals surface area contributed by atoms with Crippen molar-refractivity contribution in [2.75, 3.05) is 20.7 Å². The van der Waals surface area contributed by atoms with E-state index in [1.807, 2.05) is 33.2 Å². The number of hydrogen-bond acceptors (Lipinski definition) is 4. The van der Waals surface area contributed by atoms with Crippen LogP contribution in [0.1, 0.15) is 63.7 Å². The summed E-state index contributed by atoms with van der Waals surface area (Å²) in [6.07, 6.45) is 3.92. The first-order valence-corrected chi connectivity index (χ1v) is 11.1. The quantitative estimate of drug-likeness (QED) is 0.788. The zero-order chi connectivity index (χ0) is 21.0. The van der Waals surface area contributed by atoms with Crippen LogP contribution < -0.4 is 5.32 Å². The second-order valence-electron chi connectivity index (χ2n) is 10.3. The predicted octanol–water partition coefficient (Wildman–Crippen LogP) is 3.86. The van der Waals surface area contributed by atoms with E-state index in [2.05, 4.69) is 30.1 Å². The minimum absolute atomic E-state index is 0.0346. The molecule has 1 heterocycles. The van der Waals surface area contributed by atoms with E-state index >= 15 is 0 Å². The van der Waals surface area contributed by atoms with Crippen molar-refractivity contribution in [3.8, 4) is 5.75 Å². The number of aromatic hydroxyl groups is 1. The summed E-state index contributed by atoms with van der Waals surface area (Å²) in [4.78, 5) is 14.4. The molecule has 2 aliphatic carbocycles. The van der Waals surface area contributed by atoms with Crippen molar-refractivity contribution in [1.29, 1.82) is 0 Å². The number of benzene rings is 1. The Kier molecular flexibility index (Phi) is 5.19. The third-order valence-corrected chi connectivity index (χ3v) is 8.05. The minimum atomic E-state index is 0.0346. The van der Waals surface area contributed by atoms with Crippen molar-refractivity contribution in [3.63, 3.8) is 0 Å². The van der Waals surface area contributed by atoms with Gasteiger partial charge in [-0.15, -0.1) is 0 Å². The number of ether oxygens (including phenoxy) is 1. The third kappa shape index (κ3) is 3.27. The highest BCUT2D eigenvalue weighted by molar-refractivity contribution is 5.76. The van der Waals surface area contributed by atoms with Crippen molar-refractivity contribution < 1.29 is 14.6 Å². The van der Waals surface area contributed by atoms with E-state index in [-0.39, 0.29) is 28.9 Å². The number of amides is 1. The fraction of sp³-hybridized carbons (Fsp3) is 0.708. The van der Waals surface area contributed by atoms with E-state index in [9.17, 15) is 9.90 Å². The summed E-state index contributed by atoms with van der Waals surface area (Å²) in [6.45, 7) is 8.03. The van der Waals surface area contributed by atoms with E-state index in [1.54, 1.807) is 0 Å². The highest BCUT2D eigenvalue weighted by Crippen LogP contribution is 2.70. The monoisotopic (exact) mass is 400 g/mol. The van der Waals surface area contributed by atoms with Gasteiger partial charge in [0.05, 0.1) is 6.10 Å². The fourth-order valence-corrected chi connectivity index (χ4v) is 6.63. The van der Waals surface area contributed by atoms with Crippen LogP contribution >= 0.6 is 0 Å². The van der Waals surface area contributed by atoms with E-state index in [4.69, 9.17) is 4.74 Å². The number of nitrogens with one attached hydrogen (secondary N) is 1. The van der Waals surface area contributed by atoms with Crippen molar-refractivity contribution >= 4 is 5.91 Å². The van der Waals surface area contributed by atoms with Gasteiger partial charge in [-0.05, 0) is 73.7 Å². The van der Waals surface area contributed by atoms with Gasteiger partial charge in [-0.2, -0.15) is 0 Å². The number of rotatable bonds is 5. The van der Waals surface area contributed by atoms with Gasteiger partial charge in [-0.25, -0.2) is 0 Å². The second-order valence-corrected chi connectivity index (χ2v) is 10.3. The first-order chi connectivity index (χ1) is 13.7. The largest absolute Gasteiger partial charge is 0.508 e. The molecular formula is C24H36N2O3. The van der Waals surface area contributed by atoms with Gasteiger partial charge < -0.3 is 20.1 Å². The molecule has 2 N–H and O–H groups in total. The van der Waals surface area contributed by atoms with Crippen LogP contribution in [0.2, 0.25) is 0 Å². The minimum Gasteiger partial charge on any atom is -0.508 e. The van der Waals surface area contributed by atoms with Gasteiger partial charge in [-0.3, -0.25) is 4.79 Å². The second kappa shape index (κ2) is 7.28. The van der Waals surface area contributed by atoms with Crippen molar-refractivity contribution in [2.24, 2.45) is 22.7 Å². The predicted molar refractivity (Wildman–Crippen MR) is 113 cm³/mol. The molecule has 160 valence electrons. The summed E-state index contributed by atoms with van der Waals surface area (Å²) in [6, 6.07) is 6.16. The summed E-state index contributed by atoms with van der Waals surface area (Å²) in [5, 5.41) is 13.7. The van der Waals surface area contributed by atoms with Crippen LogP contribution in [0.25, 0.3) is 0 Å². The molecule has 29 heavy (non-hydrogen) atoms. The first kappa shape index (κ1) is 20.7. The number of phenols is 1. The van der Waals surface area contributed by atoms with Gasteiger partial charge in [0.25, 0.3) is 0 Å². The molecule has 1 amide bonds. The Morgan fingerprint density at radius 1 is 1.34 bits per heavy atom. The molecule has 1 aromatic rings. The molecule has 0 aromatic heterocycles. The highest BCUT2D eigenvalue weighted by Gasteiger charge is 2.68. The molecule has 3 fully saturated rings. The maximum atomic E-state index is 12.4. The Balaban J connectivity index is 1.67. The molecule has 1 spiro atoms. The van der Waals surface area contributed by atoms with Gasteiger partial charge in [0.15, 0.2) is 0 Å². The number of carbonyl (C=O) groups is 1. The Morgan fingerprint density at radius 3 is 2.79 bits per heavy atom. The molecule has 5 atom stereocenters. The summed E-state index contributed by atoms with van der Waals surface area (Å²) >= 11 is 0. The van der Waals surface area contributed by atoms with Crippen molar-refractivity contribution in [3.05, 3.63) is 29.3 Å². The van der Waals surface area contributed by atoms with Gasteiger partial charge in [0.2, 0.25) is 5.91 Å². The number of carbonyl (C=O) groups excluding carboxylic acids is 1. The standard InChI is InChI=1S/C24H36N2O3/c1-6-20(28)25-22-23(2,3)17-12-18-21(29-10-9-24(18,22)13-17)15-7-8-19(27)16(11-15)14-26(4)5/h7-8,11,17-18,21-22,27H,6,9-10,12-14H2,1-5H3,(H,25,28)/t17-,18-,21-,22+,24?/m1/s1. The SMILES string of the molecule is CCC(=O)N[C@H]1C(C)(C)[C@@H]2C[C@@H]3[C@@H](c4ccc(O)c(CN(C)C)c4)OCCC31C2. The average molecular weight is 401 g/mol. The molecule has 2 bridgehead atoms. The number of nitrogens with zero attached hydrogens (tertiary/aromatic N) is 1. The van der Waals surface area contributed by atoms with Crippen LogP contribution in [0.5, 0.6) is 5.75 Å². The number of hydrogen-bond donors (Lipinski definition) is 2. The van der Waals surface area contributed by atoms with Crippen LogP contribution in [0.15, 0.2) is 18.2 Å². The molecule has 4 rings (SSSR count). The van der Waals surface area contributed by atoms with E-state index in [0.29, 0.717) is 30.6 Å². The molecule has 2 saturated carbocycles. The normalized spacial score (nSPS) is 35.0. The summed E-state index contributed by atoms with van der Waals surface area (Å²) < 4.78 is 6.37. The Morgan fingerprint density at radius 2 is 2.10 bits per heavy atom. The molecule has 5 heteroatoms. The Labute approximate surface area is 174 Å². The maximum Gasteiger partial charge on any atom is 0.219 e. The van der Waals surface area contributed by atoms with E-state index in [0.717, 1.165) is 30.6 Å². The van der Waals surface area contributed by atoms with Crippen LogP contribution in [0.3, 0.4) is 0 Å². The lowest BCUT2D eigenvalue weighted by molar-refractivity contribution is -0.137. The van der Waals surface area contributed by atoms with Gasteiger partial charge in [0.1, 0.15) is 5.75 Å². The summed E-state index contributed by atoms with van der Waals surface area (Å²) in [5.41, 5.74) is 2.33. The molecular weight excluding hydrogens is 364 g/mol. The zero-order valence-electron chi connectivity index (χ0n) is 18.5. The van der Waals surface area contributed by atoms with Crippen molar-refractivity contribution in [1.82, 2.24) is 10.2 Å². The molecule has 1 aliphatic heterocycles. The summed E-state index contributed by atoms with van der Waals surface area (Å²) in [5.74, 6) is 1.52. The highest BCUT2D eigenvalue weighted by atomic mass is 16.5. The third-order valence-electron chi connectivity index (χ3n) is 8.05. The molecule has 0 radical (unpaired) electrons. The van der Waals surface area contributed by atoms with Gasteiger partial charge >= 0.3 is 0 Å². The fourth-order valence-electron chi connectivity index (χ4n) is 6.63. The van der Waals surface area contributed by atoms with E-state index in [1.165, 1.54) is 6.42 Å². The molecule has 1 unspecified atom stereocenters.